The van der Waals surface area contributed by atoms with Gasteiger partial charge >= 0.3 is 0 Å². The van der Waals surface area contributed by atoms with Gasteiger partial charge in [0.2, 0.25) is 0 Å². The lowest BCUT2D eigenvalue weighted by Crippen LogP contribution is -2.33. The third kappa shape index (κ3) is 2.72. The quantitative estimate of drug-likeness (QED) is 0.603. The molecule has 2 atom stereocenters. The summed E-state index contributed by atoms with van der Waals surface area (Å²) in [5.74, 6) is 0. The minimum Gasteiger partial charge on any atom is -0.378 e. The summed E-state index contributed by atoms with van der Waals surface area (Å²) < 4.78 is 5.32. The van der Waals surface area contributed by atoms with Gasteiger partial charge in [0, 0.05) is 38.0 Å². The van der Waals surface area contributed by atoms with Gasteiger partial charge in [-0.05, 0) is 12.1 Å². The average molecular weight is 237 g/mol. The van der Waals surface area contributed by atoms with E-state index >= 15 is 0 Å². The molecule has 1 fully saturated rings. The van der Waals surface area contributed by atoms with Gasteiger partial charge < -0.3 is 15.4 Å². The van der Waals surface area contributed by atoms with Gasteiger partial charge in [0.1, 0.15) is 0 Å². The molecule has 0 spiro atoms. The number of nitro groups is 1. The molecule has 6 heteroatoms. The molecule has 2 rings (SSSR count). The Labute approximate surface area is 99.1 Å². The molecule has 0 bridgehead atoms. The largest absolute Gasteiger partial charge is 0.378 e. The van der Waals surface area contributed by atoms with Crippen molar-refractivity contribution >= 4 is 11.4 Å². The zero-order valence-corrected chi connectivity index (χ0v) is 9.55. The maximum absolute atomic E-state index is 10.5. The Hall–Kier alpha value is -1.66. The second-order valence-corrected chi connectivity index (χ2v) is 3.99. The fourth-order valence-corrected chi connectivity index (χ4v) is 1.94. The van der Waals surface area contributed by atoms with Gasteiger partial charge in [0.15, 0.2) is 0 Å². The highest BCUT2D eigenvalue weighted by Crippen LogP contribution is 2.18. The number of anilines is 1. The zero-order chi connectivity index (χ0) is 12.3. The second-order valence-electron chi connectivity index (χ2n) is 3.99. The standard InChI is InChI=1S/C11H15N3O3/c1-17-11-7-12-6-10(11)13-8-2-4-9(5-3-8)14(15)16/h2-5,10-13H,6-7H2,1H3/t10?,11-/m0/s1. The number of non-ortho nitro benzene ring substituents is 1. The van der Waals surface area contributed by atoms with E-state index in [4.69, 9.17) is 4.74 Å². The molecule has 1 heterocycles. The number of methoxy groups -OCH3 is 1. The lowest BCUT2D eigenvalue weighted by Gasteiger charge is -2.19. The maximum Gasteiger partial charge on any atom is 0.269 e. The van der Waals surface area contributed by atoms with Crippen molar-refractivity contribution in [1.29, 1.82) is 0 Å². The van der Waals surface area contributed by atoms with Crippen molar-refractivity contribution in [1.82, 2.24) is 5.32 Å². The highest BCUT2D eigenvalue weighted by Gasteiger charge is 2.26. The third-order valence-corrected chi connectivity index (χ3v) is 2.89. The highest BCUT2D eigenvalue weighted by molar-refractivity contribution is 5.49. The Balaban J connectivity index is 2.01. The van der Waals surface area contributed by atoms with E-state index < -0.39 is 4.92 Å². The van der Waals surface area contributed by atoms with E-state index in [1.165, 1.54) is 12.1 Å². The molecule has 1 aromatic rings. The van der Waals surface area contributed by atoms with E-state index in [-0.39, 0.29) is 17.8 Å². The number of ether oxygens (including phenoxy) is 1. The Kier molecular flexibility index (Phi) is 3.55. The monoisotopic (exact) mass is 237 g/mol. The predicted molar refractivity (Wildman–Crippen MR) is 64.2 cm³/mol. The van der Waals surface area contributed by atoms with Crippen molar-refractivity contribution in [3.05, 3.63) is 34.4 Å². The fraction of sp³-hybridized carbons (Fsp3) is 0.455. The van der Waals surface area contributed by atoms with Crippen LogP contribution in [0.5, 0.6) is 0 Å². The number of hydrogen-bond donors (Lipinski definition) is 2. The Morgan fingerprint density at radius 1 is 1.41 bits per heavy atom. The van der Waals surface area contributed by atoms with Gasteiger partial charge in [-0.3, -0.25) is 10.1 Å². The summed E-state index contributed by atoms with van der Waals surface area (Å²) in [7, 11) is 1.68. The zero-order valence-electron chi connectivity index (χ0n) is 9.55. The molecule has 1 saturated heterocycles. The normalized spacial score (nSPS) is 23.6. The molecule has 0 amide bonds. The lowest BCUT2D eigenvalue weighted by atomic mass is 10.2. The van der Waals surface area contributed by atoms with Crippen molar-refractivity contribution in [2.24, 2.45) is 0 Å². The van der Waals surface area contributed by atoms with Crippen molar-refractivity contribution in [2.75, 3.05) is 25.5 Å². The third-order valence-electron chi connectivity index (χ3n) is 2.89. The summed E-state index contributed by atoms with van der Waals surface area (Å²) in [4.78, 5) is 10.1. The molecule has 2 N–H and O–H groups in total. The molecule has 0 aliphatic carbocycles. The van der Waals surface area contributed by atoms with Gasteiger partial charge in [-0.15, -0.1) is 0 Å². The number of rotatable bonds is 4. The summed E-state index contributed by atoms with van der Waals surface area (Å²) in [6, 6.07) is 6.60. The first-order valence-electron chi connectivity index (χ1n) is 5.45. The number of nitro benzene ring substituents is 1. The first-order chi connectivity index (χ1) is 8.20. The van der Waals surface area contributed by atoms with E-state index in [9.17, 15) is 10.1 Å². The average Bonchev–Trinajstić information content (AvgIpc) is 2.77. The molecule has 1 aliphatic heterocycles. The highest BCUT2D eigenvalue weighted by atomic mass is 16.6. The van der Waals surface area contributed by atoms with Crippen molar-refractivity contribution in [2.45, 2.75) is 12.1 Å². The van der Waals surface area contributed by atoms with Crippen LogP contribution in [-0.4, -0.2) is 37.3 Å². The molecule has 6 nitrogen and oxygen atoms in total. The molecule has 1 aliphatic rings. The first kappa shape index (κ1) is 11.8. The van der Waals surface area contributed by atoms with Crippen molar-refractivity contribution < 1.29 is 9.66 Å². The van der Waals surface area contributed by atoms with Gasteiger partial charge in [0.25, 0.3) is 5.69 Å². The number of nitrogens with zero attached hydrogens (tertiary/aromatic N) is 1. The van der Waals surface area contributed by atoms with Crippen molar-refractivity contribution in [3.8, 4) is 0 Å². The van der Waals surface area contributed by atoms with E-state index in [2.05, 4.69) is 10.6 Å². The van der Waals surface area contributed by atoms with E-state index in [1.54, 1.807) is 19.2 Å². The molecule has 0 aromatic heterocycles. The number of benzene rings is 1. The molecule has 92 valence electrons. The second kappa shape index (κ2) is 5.11. The van der Waals surface area contributed by atoms with Crippen LogP contribution in [0.2, 0.25) is 0 Å². The number of nitrogens with one attached hydrogen (secondary N) is 2. The van der Waals surface area contributed by atoms with Crippen LogP contribution in [0.1, 0.15) is 0 Å². The van der Waals surface area contributed by atoms with Gasteiger partial charge in [-0.1, -0.05) is 0 Å². The Morgan fingerprint density at radius 3 is 2.71 bits per heavy atom. The smallest absolute Gasteiger partial charge is 0.269 e. The fourth-order valence-electron chi connectivity index (χ4n) is 1.94. The Morgan fingerprint density at radius 2 is 2.12 bits per heavy atom. The van der Waals surface area contributed by atoms with Crippen LogP contribution in [0.25, 0.3) is 0 Å². The molecule has 1 unspecified atom stereocenters. The van der Waals surface area contributed by atoms with Crippen LogP contribution >= 0.6 is 0 Å². The summed E-state index contributed by atoms with van der Waals surface area (Å²) in [5, 5.41) is 17.0. The molecular formula is C11H15N3O3. The Bertz CT molecular complexity index is 393. The van der Waals surface area contributed by atoms with Crippen LogP contribution in [0.4, 0.5) is 11.4 Å². The molecule has 0 radical (unpaired) electrons. The SMILES string of the molecule is CO[C@H]1CNCC1Nc1ccc([N+](=O)[O-])cc1. The van der Waals surface area contributed by atoms with Crippen LogP contribution in [0.15, 0.2) is 24.3 Å². The van der Waals surface area contributed by atoms with E-state index in [0.717, 1.165) is 18.8 Å². The minimum atomic E-state index is -0.404. The number of hydrogen-bond acceptors (Lipinski definition) is 5. The predicted octanol–water partition coefficient (Wildman–Crippen LogP) is 0.993. The van der Waals surface area contributed by atoms with Gasteiger partial charge in [0.05, 0.1) is 17.1 Å². The summed E-state index contributed by atoms with van der Waals surface area (Å²) in [5.41, 5.74) is 0.967. The molecular weight excluding hydrogens is 222 g/mol. The van der Waals surface area contributed by atoms with E-state index in [1.807, 2.05) is 0 Å². The summed E-state index contributed by atoms with van der Waals surface area (Å²) in [6.45, 7) is 1.65. The minimum absolute atomic E-state index is 0.100. The van der Waals surface area contributed by atoms with Crippen LogP contribution < -0.4 is 10.6 Å². The van der Waals surface area contributed by atoms with Gasteiger partial charge in [-0.25, -0.2) is 0 Å². The molecule has 1 aromatic carbocycles. The van der Waals surface area contributed by atoms with E-state index in [0.29, 0.717) is 0 Å². The van der Waals surface area contributed by atoms with Crippen LogP contribution in [0.3, 0.4) is 0 Å². The molecule has 17 heavy (non-hydrogen) atoms. The summed E-state index contributed by atoms with van der Waals surface area (Å²) >= 11 is 0. The maximum atomic E-state index is 10.5. The molecule has 0 saturated carbocycles. The lowest BCUT2D eigenvalue weighted by molar-refractivity contribution is -0.384. The topological polar surface area (TPSA) is 76.4 Å². The van der Waals surface area contributed by atoms with Crippen LogP contribution in [0, 0.1) is 10.1 Å². The first-order valence-corrected chi connectivity index (χ1v) is 5.45. The van der Waals surface area contributed by atoms with Crippen molar-refractivity contribution in [3.63, 3.8) is 0 Å². The summed E-state index contributed by atoms with van der Waals surface area (Å²) in [6.07, 6.45) is 0.130. The van der Waals surface area contributed by atoms with Gasteiger partial charge in [-0.2, -0.15) is 0 Å². The van der Waals surface area contributed by atoms with Crippen LogP contribution in [-0.2, 0) is 4.74 Å².